The van der Waals surface area contributed by atoms with Crippen molar-refractivity contribution in [3.8, 4) is 0 Å². The molecule has 0 aromatic carbocycles. The fourth-order valence-electron chi connectivity index (χ4n) is 2.04. The molecular weight excluding hydrogens is 256 g/mol. The van der Waals surface area contributed by atoms with E-state index in [1.54, 1.807) is 4.90 Å². The van der Waals surface area contributed by atoms with Gasteiger partial charge in [-0.2, -0.15) is 0 Å². The molecule has 0 aromatic heterocycles. The molecule has 0 aromatic rings. The van der Waals surface area contributed by atoms with Crippen molar-refractivity contribution in [3.05, 3.63) is 0 Å². The Kier molecular flexibility index (Phi) is 8.46. The molecular formula is C15H30N2O3. The van der Waals surface area contributed by atoms with Crippen LogP contribution >= 0.6 is 0 Å². The number of rotatable bonds is 8. The van der Waals surface area contributed by atoms with E-state index in [1.807, 2.05) is 34.6 Å². The van der Waals surface area contributed by atoms with Gasteiger partial charge in [-0.05, 0) is 12.8 Å². The molecule has 0 spiro atoms. The lowest BCUT2D eigenvalue weighted by molar-refractivity contribution is -0.134. The summed E-state index contributed by atoms with van der Waals surface area (Å²) < 4.78 is 0. The van der Waals surface area contributed by atoms with Crippen LogP contribution < -0.4 is 5.32 Å². The van der Waals surface area contributed by atoms with Crippen LogP contribution in [0, 0.1) is 5.41 Å². The van der Waals surface area contributed by atoms with Crippen molar-refractivity contribution in [2.45, 2.75) is 59.9 Å². The normalized spacial score (nSPS) is 11.6. The predicted octanol–water partition coefficient (Wildman–Crippen LogP) is 1.55. The highest BCUT2D eigenvalue weighted by Gasteiger charge is 2.23. The van der Waals surface area contributed by atoms with Gasteiger partial charge >= 0.3 is 0 Å². The quantitative estimate of drug-likeness (QED) is 0.711. The highest BCUT2D eigenvalue weighted by atomic mass is 16.3. The number of aliphatic hydroxyl groups is 1. The lowest BCUT2D eigenvalue weighted by Gasteiger charge is -2.30. The molecule has 0 fully saturated rings. The lowest BCUT2D eigenvalue weighted by atomic mass is 9.96. The van der Waals surface area contributed by atoms with Crippen molar-refractivity contribution >= 4 is 11.8 Å². The Morgan fingerprint density at radius 2 is 1.75 bits per heavy atom. The molecule has 0 aliphatic carbocycles. The van der Waals surface area contributed by atoms with E-state index in [0.29, 0.717) is 13.1 Å². The summed E-state index contributed by atoms with van der Waals surface area (Å²) in [4.78, 5) is 25.6. The summed E-state index contributed by atoms with van der Waals surface area (Å²) >= 11 is 0. The Morgan fingerprint density at radius 1 is 1.20 bits per heavy atom. The average molecular weight is 286 g/mol. The monoisotopic (exact) mass is 286 g/mol. The van der Waals surface area contributed by atoms with Crippen LogP contribution in [0.5, 0.6) is 0 Å². The van der Waals surface area contributed by atoms with Gasteiger partial charge in [0, 0.05) is 31.0 Å². The third-order valence-electron chi connectivity index (χ3n) is 3.35. The average Bonchev–Trinajstić information content (AvgIpc) is 2.37. The summed E-state index contributed by atoms with van der Waals surface area (Å²) in [6, 6.07) is 0.160. The maximum absolute atomic E-state index is 12.2. The number of amides is 2. The molecule has 5 heteroatoms. The van der Waals surface area contributed by atoms with E-state index in [9.17, 15) is 9.59 Å². The number of hydrogen-bond donors (Lipinski definition) is 2. The molecule has 20 heavy (non-hydrogen) atoms. The van der Waals surface area contributed by atoms with Gasteiger partial charge in [0.05, 0.1) is 6.61 Å². The highest BCUT2D eigenvalue weighted by molar-refractivity contribution is 5.82. The molecule has 0 saturated heterocycles. The Hall–Kier alpha value is -1.10. The molecule has 0 aliphatic rings. The first-order chi connectivity index (χ1) is 9.27. The minimum Gasteiger partial charge on any atom is -0.395 e. The molecule has 0 aliphatic heterocycles. The minimum absolute atomic E-state index is 0.0121. The summed E-state index contributed by atoms with van der Waals surface area (Å²) in [5.41, 5.74) is -0.441. The van der Waals surface area contributed by atoms with Gasteiger partial charge in [-0.1, -0.05) is 34.6 Å². The smallest absolute Gasteiger partial charge is 0.225 e. The summed E-state index contributed by atoms with van der Waals surface area (Å²) in [6.07, 6.45) is 2.02. The van der Waals surface area contributed by atoms with E-state index in [2.05, 4.69) is 5.32 Å². The molecule has 2 N–H and O–H groups in total. The first kappa shape index (κ1) is 18.9. The molecule has 0 saturated carbocycles. The van der Waals surface area contributed by atoms with Gasteiger partial charge in [0.15, 0.2) is 0 Å². The molecule has 0 unspecified atom stereocenters. The standard InChI is InChI=1S/C15H30N2O3/c1-6-12(7-2)17(10-11-18)13(19)8-9-16-14(20)15(3,4)5/h12,18H,6-11H2,1-5H3,(H,16,20). The Morgan fingerprint density at radius 3 is 2.15 bits per heavy atom. The number of hydrogen-bond acceptors (Lipinski definition) is 3. The third kappa shape index (κ3) is 6.37. The van der Waals surface area contributed by atoms with Gasteiger partial charge in [0.25, 0.3) is 0 Å². The second-order valence-corrected chi connectivity index (χ2v) is 6.04. The van der Waals surface area contributed by atoms with Gasteiger partial charge < -0.3 is 15.3 Å². The van der Waals surface area contributed by atoms with Crippen LogP contribution in [0.25, 0.3) is 0 Å². The SMILES string of the molecule is CCC(CC)N(CCO)C(=O)CCNC(=O)C(C)(C)C. The molecule has 118 valence electrons. The van der Waals surface area contributed by atoms with Crippen LogP contribution in [-0.2, 0) is 9.59 Å². The first-order valence-corrected chi connectivity index (χ1v) is 7.46. The van der Waals surface area contributed by atoms with Crippen LogP contribution in [0.15, 0.2) is 0 Å². The molecule has 0 rings (SSSR count). The van der Waals surface area contributed by atoms with Gasteiger partial charge in [0.2, 0.25) is 11.8 Å². The topological polar surface area (TPSA) is 69.6 Å². The lowest BCUT2D eigenvalue weighted by Crippen LogP contribution is -2.43. The van der Waals surface area contributed by atoms with Crippen molar-refractivity contribution in [2.75, 3.05) is 19.7 Å². The van der Waals surface area contributed by atoms with Crippen molar-refractivity contribution in [2.24, 2.45) is 5.41 Å². The fraction of sp³-hybridized carbons (Fsp3) is 0.867. The van der Waals surface area contributed by atoms with Crippen LogP contribution in [-0.4, -0.2) is 47.6 Å². The number of nitrogens with one attached hydrogen (secondary N) is 1. The van der Waals surface area contributed by atoms with E-state index in [-0.39, 0.29) is 30.9 Å². The molecule has 0 bridgehead atoms. The van der Waals surface area contributed by atoms with Crippen molar-refractivity contribution in [3.63, 3.8) is 0 Å². The van der Waals surface area contributed by atoms with Crippen LogP contribution in [0.4, 0.5) is 0 Å². The minimum atomic E-state index is -0.441. The predicted molar refractivity (Wildman–Crippen MR) is 80.3 cm³/mol. The largest absolute Gasteiger partial charge is 0.395 e. The van der Waals surface area contributed by atoms with Crippen molar-refractivity contribution in [1.82, 2.24) is 10.2 Å². The van der Waals surface area contributed by atoms with Crippen LogP contribution in [0.1, 0.15) is 53.9 Å². The maximum Gasteiger partial charge on any atom is 0.225 e. The molecule has 0 atom stereocenters. The molecule has 0 radical (unpaired) electrons. The van der Waals surface area contributed by atoms with E-state index < -0.39 is 5.41 Å². The first-order valence-electron chi connectivity index (χ1n) is 7.46. The summed E-state index contributed by atoms with van der Waals surface area (Å²) in [7, 11) is 0. The Bertz CT molecular complexity index is 307. The van der Waals surface area contributed by atoms with Gasteiger partial charge in [-0.15, -0.1) is 0 Å². The summed E-state index contributed by atoms with van der Waals surface area (Å²) in [5.74, 6) is -0.0662. The molecule has 2 amide bonds. The van der Waals surface area contributed by atoms with Crippen molar-refractivity contribution in [1.29, 1.82) is 0 Å². The number of aliphatic hydroxyl groups excluding tert-OH is 1. The van der Waals surface area contributed by atoms with E-state index in [0.717, 1.165) is 12.8 Å². The second kappa shape index (κ2) is 8.95. The van der Waals surface area contributed by atoms with Gasteiger partial charge in [-0.3, -0.25) is 9.59 Å². The summed E-state index contributed by atoms with van der Waals surface area (Å²) in [5, 5.41) is 11.9. The van der Waals surface area contributed by atoms with Crippen molar-refractivity contribution < 1.29 is 14.7 Å². The zero-order chi connectivity index (χ0) is 15.8. The van der Waals surface area contributed by atoms with Gasteiger partial charge in [0.1, 0.15) is 0 Å². The third-order valence-corrected chi connectivity index (χ3v) is 3.35. The number of carbonyl (C=O) groups is 2. The highest BCUT2D eigenvalue weighted by Crippen LogP contribution is 2.13. The summed E-state index contributed by atoms with van der Waals surface area (Å²) in [6.45, 7) is 10.3. The van der Waals surface area contributed by atoms with Crippen LogP contribution in [0.2, 0.25) is 0 Å². The van der Waals surface area contributed by atoms with E-state index in [1.165, 1.54) is 0 Å². The molecule has 0 heterocycles. The molecule has 5 nitrogen and oxygen atoms in total. The second-order valence-electron chi connectivity index (χ2n) is 6.04. The zero-order valence-corrected chi connectivity index (χ0v) is 13.5. The Balaban J connectivity index is 4.37. The number of carbonyl (C=O) groups excluding carboxylic acids is 2. The fourth-order valence-corrected chi connectivity index (χ4v) is 2.04. The maximum atomic E-state index is 12.2. The van der Waals surface area contributed by atoms with Gasteiger partial charge in [-0.25, -0.2) is 0 Å². The zero-order valence-electron chi connectivity index (χ0n) is 13.5. The Labute approximate surface area is 122 Å². The van der Waals surface area contributed by atoms with E-state index >= 15 is 0 Å². The van der Waals surface area contributed by atoms with E-state index in [4.69, 9.17) is 5.11 Å². The van der Waals surface area contributed by atoms with Crippen LogP contribution in [0.3, 0.4) is 0 Å². The number of nitrogens with zero attached hydrogens (tertiary/aromatic N) is 1.